The first kappa shape index (κ1) is 29.2. The van der Waals surface area contributed by atoms with E-state index in [9.17, 15) is 24.5 Å². The number of nitro benzene ring substituents is 1. The number of nitro groups is 1. The van der Waals surface area contributed by atoms with Gasteiger partial charge in [-0.15, -0.1) is 0 Å². The molecule has 0 saturated carbocycles. The van der Waals surface area contributed by atoms with Gasteiger partial charge in [0.1, 0.15) is 5.75 Å². The number of ether oxygens (including phenoxy) is 5. The van der Waals surface area contributed by atoms with Crippen LogP contribution in [0.3, 0.4) is 0 Å². The molecule has 0 fully saturated rings. The van der Waals surface area contributed by atoms with E-state index in [1.54, 1.807) is 19.1 Å². The zero-order valence-electron chi connectivity index (χ0n) is 22.2. The van der Waals surface area contributed by atoms with E-state index in [-0.39, 0.29) is 39.8 Å². The van der Waals surface area contributed by atoms with Gasteiger partial charge in [-0.2, -0.15) is 5.10 Å². The third-order valence-corrected chi connectivity index (χ3v) is 5.68. The highest BCUT2D eigenvalue weighted by atomic mass is 16.6. The van der Waals surface area contributed by atoms with E-state index in [4.69, 9.17) is 23.7 Å². The highest BCUT2D eigenvalue weighted by Crippen LogP contribution is 2.35. The van der Waals surface area contributed by atoms with Crippen molar-refractivity contribution in [3.05, 3.63) is 62.8 Å². The van der Waals surface area contributed by atoms with Gasteiger partial charge in [0.05, 0.1) is 51.2 Å². The summed E-state index contributed by atoms with van der Waals surface area (Å²) in [7, 11) is 5.29. The molecule has 1 atom stereocenters. The summed E-state index contributed by atoms with van der Waals surface area (Å²) >= 11 is 0. The summed E-state index contributed by atoms with van der Waals surface area (Å²) in [4.78, 5) is 47.3. The van der Waals surface area contributed by atoms with Crippen LogP contribution < -0.4 is 35.0 Å². The molecule has 2 aromatic rings. The van der Waals surface area contributed by atoms with Crippen molar-refractivity contribution in [1.29, 1.82) is 0 Å². The minimum absolute atomic E-state index is 0.00612. The van der Waals surface area contributed by atoms with Crippen molar-refractivity contribution in [2.24, 2.45) is 5.10 Å². The fourth-order valence-corrected chi connectivity index (χ4v) is 3.81. The molecule has 15 heteroatoms. The zero-order chi connectivity index (χ0) is 29.4. The van der Waals surface area contributed by atoms with E-state index in [1.807, 2.05) is 0 Å². The Morgan fingerprint density at radius 2 is 1.75 bits per heavy atom. The largest absolute Gasteiger partial charge is 0.496 e. The van der Waals surface area contributed by atoms with Crippen molar-refractivity contribution < 1.29 is 43.0 Å². The smallest absolute Gasteiger partial charge is 0.337 e. The number of benzene rings is 2. The van der Waals surface area contributed by atoms with Crippen LogP contribution in [-0.4, -0.2) is 64.1 Å². The van der Waals surface area contributed by atoms with Crippen LogP contribution in [0.15, 0.2) is 46.7 Å². The number of urea groups is 1. The number of carbonyl (C=O) groups is 3. The predicted molar refractivity (Wildman–Crippen MR) is 140 cm³/mol. The van der Waals surface area contributed by atoms with E-state index >= 15 is 0 Å². The average molecular weight is 558 g/mol. The molecule has 0 aliphatic carbocycles. The van der Waals surface area contributed by atoms with E-state index in [2.05, 4.69) is 21.2 Å². The third-order valence-electron chi connectivity index (χ3n) is 5.68. The molecule has 0 aromatic heterocycles. The molecular formula is C25H27N5O10. The van der Waals surface area contributed by atoms with Crippen molar-refractivity contribution in [3.63, 3.8) is 0 Å². The Balaban J connectivity index is 1.71. The first-order valence-electron chi connectivity index (χ1n) is 11.5. The third kappa shape index (κ3) is 6.56. The van der Waals surface area contributed by atoms with Crippen molar-refractivity contribution in [2.75, 3.05) is 35.0 Å². The van der Waals surface area contributed by atoms with Crippen molar-refractivity contribution >= 4 is 29.8 Å². The summed E-state index contributed by atoms with van der Waals surface area (Å²) in [5.41, 5.74) is 3.26. The molecule has 3 N–H and O–H groups in total. The summed E-state index contributed by atoms with van der Waals surface area (Å²) in [6.07, 6.45) is 1.18. The Hall–Kier alpha value is -5.34. The average Bonchev–Trinajstić information content (AvgIpc) is 2.94. The first-order chi connectivity index (χ1) is 19.1. The number of carbonyl (C=O) groups excluding carboxylic acids is 3. The van der Waals surface area contributed by atoms with Gasteiger partial charge < -0.3 is 34.3 Å². The normalized spacial score (nSPS) is 14.6. The number of nitrogens with one attached hydrogen (secondary N) is 3. The SMILES string of the molecule is COC(=O)C1=C(C)NC(=O)N[C@H]1c1ccc(OCC(=O)N/N=C\c2cc([N+](=O)[O-])c(OC)cc2OC)c(OC)c1. The van der Waals surface area contributed by atoms with Gasteiger partial charge in [0.2, 0.25) is 5.75 Å². The molecule has 0 unspecified atom stereocenters. The Labute approximate surface area is 228 Å². The summed E-state index contributed by atoms with van der Waals surface area (Å²) in [6.45, 7) is 1.13. The van der Waals surface area contributed by atoms with E-state index in [1.165, 1.54) is 52.9 Å². The lowest BCUT2D eigenvalue weighted by molar-refractivity contribution is -0.385. The Kier molecular flexibility index (Phi) is 9.46. The molecule has 0 bridgehead atoms. The summed E-state index contributed by atoms with van der Waals surface area (Å²) in [5, 5.41) is 20.3. The second-order valence-electron chi connectivity index (χ2n) is 8.08. The molecule has 15 nitrogen and oxygen atoms in total. The van der Waals surface area contributed by atoms with Gasteiger partial charge in [0.15, 0.2) is 18.1 Å². The van der Waals surface area contributed by atoms with Gasteiger partial charge in [0, 0.05) is 23.4 Å². The molecule has 212 valence electrons. The quantitative estimate of drug-likeness (QED) is 0.159. The van der Waals surface area contributed by atoms with E-state index in [0.29, 0.717) is 11.3 Å². The molecule has 40 heavy (non-hydrogen) atoms. The molecule has 0 saturated heterocycles. The predicted octanol–water partition coefficient (Wildman–Crippen LogP) is 1.95. The van der Waals surface area contributed by atoms with Crippen LogP contribution in [-0.2, 0) is 14.3 Å². The molecule has 0 radical (unpaired) electrons. The van der Waals surface area contributed by atoms with E-state index in [0.717, 1.165) is 0 Å². The number of hydrogen-bond acceptors (Lipinski definition) is 11. The molecule has 1 aliphatic rings. The van der Waals surface area contributed by atoms with Gasteiger partial charge in [-0.1, -0.05) is 6.07 Å². The number of nitrogens with zero attached hydrogens (tertiary/aromatic N) is 2. The molecular weight excluding hydrogens is 530 g/mol. The molecule has 3 rings (SSSR count). The van der Waals surface area contributed by atoms with Crippen LogP contribution in [0.1, 0.15) is 24.1 Å². The van der Waals surface area contributed by atoms with Crippen molar-refractivity contribution in [2.45, 2.75) is 13.0 Å². The summed E-state index contributed by atoms with van der Waals surface area (Å²) in [5.74, 6) is -0.564. The lowest BCUT2D eigenvalue weighted by Gasteiger charge is -2.28. The Morgan fingerprint density at radius 1 is 1.05 bits per heavy atom. The fraction of sp³-hybridized carbons (Fsp3) is 0.280. The minimum Gasteiger partial charge on any atom is -0.496 e. The number of hydrazone groups is 1. The van der Waals surface area contributed by atoms with Crippen LogP contribution in [0.5, 0.6) is 23.0 Å². The Bertz CT molecular complexity index is 1390. The van der Waals surface area contributed by atoms with Gasteiger partial charge >= 0.3 is 17.7 Å². The topological polar surface area (TPSA) is 189 Å². The zero-order valence-corrected chi connectivity index (χ0v) is 22.2. The molecule has 3 amide bonds. The molecule has 1 aliphatic heterocycles. The first-order valence-corrected chi connectivity index (χ1v) is 11.5. The number of allylic oxidation sites excluding steroid dienone is 1. The lowest BCUT2D eigenvalue weighted by Crippen LogP contribution is -2.45. The number of methoxy groups -OCH3 is 4. The van der Waals surface area contributed by atoms with E-state index < -0.39 is 35.5 Å². The minimum atomic E-state index is -0.812. The van der Waals surface area contributed by atoms with Gasteiger partial charge in [-0.05, 0) is 24.6 Å². The number of amides is 3. The standard InChI is InChI=1S/C25H27N5O10/c1-13-22(24(32)39-5)23(28-25(33)27-13)14-6-7-17(20(9-14)38-4)40-12-21(31)29-26-11-15-8-16(30(34)35)19(37-3)10-18(15)36-2/h6-11,23H,12H2,1-5H3,(H,29,31)(H2,27,28,33)/b26-11-/t23-/m0/s1. The second kappa shape index (κ2) is 12.9. The maximum Gasteiger partial charge on any atom is 0.337 e. The summed E-state index contributed by atoms with van der Waals surface area (Å²) < 4.78 is 26.0. The lowest BCUT2D eigenvalue weighted by atomic mass is 9.95. The molecule has 1 heterocycles. The van der Waals surface area contributed by atoms with Gasteiger partial charge in [0.25, 0.3) is 5.91 Å². The fourth-order valence-electron chi connectivity index (χ4n) is 3.81. The van der Waals surface area contributed by atoms with Crippen molar-refractivity contribution in [1.82, 2.24) is 16.1 Å². The Morgan fingerprint density at radius 3 is 2.38 bits per heavy atom. The maximum absolute atomic E-state index is 12.3. The second-order valence-corrected chi connectivity index (χ2v) is 8.08. The number of esters is 1. The van der Waals surface area contributed by atoms with Crippen LogP contribution in [0, 0.1) is 10.1 Å². The van der Waals surface area contributed by atoms with Crippen LogP contribution in [0.25, 0.3) is 0 Å². The van der Waals surface area contributed by atoms with Crippen LogP contribution >= 0.6 is 0 Å². The summed E-state index contributed by atoms with van der Waals surface area (Å²) in [6, 6.07) is 5.90. The highest BCUT2D eigenvalue weighted by molar-refractivity contribution is 5.95. The molecule has 2 aromatic carbocycles. The maximum atomic E-state index is 12.3. The number of hydrogen-bond donors (Lipinski definition) is 3. The van der Waals surface area contributed by atoms with Gasteiger partial charge in [-0.25, -0.2) is 15.0 Å². The monoisotopic (exact) mass is 557 g/mol. The van der Waals surface area contributed by atoms with Gasteiger partial charge in [-0.3, -0.25) is 14.9 Å². The van der Waals surface area contributed by atoms with Crippen molar-refractivity contribution in [3.8, 4) is 23.0 Å². The highest BCUT2D eigenvalue weighted by Gasteiger charge is 2.32. The number of rotatable bonds is 11. The van der Waals surface area contributed by atoms with Crippen LogP contribution in [0.2, 0.25) is 0 Å². The van der Waals surface area contributed by atoms with Crippen LogP contribution in [0.4, 0.5) is 10.5 Å². The molecule has 0 spiro atoms.